The van der Waals surface area contributed by atoms with E-state index in [-0.39, 0.29) is 0 Å². The molecule has 0 atom stereocenters. The van der Waals surface area contributed by atoms with Crippen LogP contribution in [0.4, 0.5) is 0 Å². The summed E-state index contributed by atoms with van der Waals surface area (Å²) in [6, 6.07) is 0. The minimum Gasteiger partial charge on any atom is -0.297 e. The van der Waals surface area contributed by atoms with E-state index in [0.717, 1.165) is 12.8 Å². The highest BCUT2D eigenvalue weighted by Crippen LogP contribution is 2.51. The molecule has 0 aliphatic heterocycles. The van der Waals surface area contributed by atoms with Gasteiger partial charge in [0.05, 0.1) is 13.2 Å². The van der Waals surface area contributed by atoms with E-state index >= 15 is 0 Å². The molecule has 0 aliphatic rings. The highest BCUT2D eigenvalue weighted by Gasteiger charge is 2.30. The molecule has 0 saturated carbocycles. The van der Waals surface area contributed by atoms with Crippen molar-refractivity contribution < 1.29 is 13.6 Å². The first-order chi connectivity index (χ1) is 7.14. The molecule has 15 heavy (non-hydrogen) atoms. The fourth-order valence-electron chi connectivity index (χ4n) is 1.18. The summed E-state index contributed by atoms with van der Waals surface area (Å²) in [4.78, 5) is 0. The van der Waals surface area contributed by atoms with E-state index in [0.29, 0.717) is 26.3 Å². The Kier molecular flexibility index (Phi) is 8.34. The van der Waals surface area contributed by atoms with E-state index in [9.17, 15) is 4.57 Å². The summed E-state index contributed by atoms with van der Waals surface area (Å²) in [7, 11) is -3.03. The molecule has 0 heterocycles. The Labute approximate surface area is 93.5 Å². The Bertz CT molecular complexity index is 183. The summed E-state index contributed by atoms with van der Waals surface area (Å²) < 4.78 is 24.9. The van der Waals surface area contributed by atoms with Crippen molar-refractivity contribution in [2.45, 2.75) is 40.5 Å². The highest BCUT2D eigenvalue weighted by atomic mass is 31.2. The Hall–Kier alpha value is 0.110. The summed E-state index contributed by atoms with van der Waals surface area (Å²) in [5.41, 5.74) is 0. The molecule has 0 aromatic carbocycles. The van der Waals surface area contributed by atoms with Crippen LogP contribution in [0.15, 0.2) is 0 Å². The van der Waals surface area contributed by atoms with Crippen molar-refractivity contribution in [1.82, 2.24) is 4.67 Å². The normalized spacial score (nSPS) is 12.3. The average molecular weight is 237 g/mol. The molecule has 0 aromatic rings. The molecule has 5 heteroatoms. The topological polar surface area (TPSA) is 38.8 Å². The molecule has 0 aliphatic carbocycles. The van der Waals surface area contributed by atoms with Crippen LogP contribution >= 0.6 is 7.75 Å². The lowest BCUT2D eigenvalue weighted by molar-refractivity contribution is 0.160. The number of hydrogen-bond acceptors (Lipinski definition) is 3. The summed E-state index contributed by atoms with van der Waals surface area (Å²) >= 11 is 0. The minimum atomic E-state index is -3.03. The van der Waals surface area contributed by atoms with Crippen LogP contribution in [-0.2, 0) is 13.6 Å². The minimum absolute atomic E-state index is 0.484. The van der Waals surface area contributed by atoms with Crippen molar-refractivity contribution in [3.8, 4) is 0 Å². The lowest BCUT2D eigenvalue weighted by atomic mass is 10.5. The fraction of sp³-hybridized carbons (Fsp3) is 1.00. The molecular weight excluding hydrogens is 213 g/mol. The van der Waals surface area contributed by atoms with Gasteiger partial charge in [-0.15, -0.1) is 0 Å². The zero-order valence-electron chi connectivity index (χ0n) is 10.4. The van der Waals surface area contributed by atoms with E-state index in [2.05, 4.69) is 0 Å². The molecule has 0 N–H and O–H groups in total. The molecule has 0 bridgehead atoms. The third kappa shape index (κ3) is 5.12. The highest BCUT2D eigenvalue weighted by molar-refractivity contribution is 7.51. The van der Waals surface area contributed by atoms with Crippen LogP contribution in [0.3, 0.4) is 0 Å². The van der Waals surface area contributed by atoms with E-state index in [1.165, 1.54) is 0 Å². The molecule has 0 unspecified atom stereocenters. The second-order valence-corrected chi connectivity index (χ2v) is 5.29. The van der Waals surface area contributed by atoms with Crippen LogP contribution in [0.5, 0.6) is 0 Å². The molecule has 0 spiro atoms. The molecule has 92 valence electrons. The third-order valence-corrected chi connectivity index (χ3v) is 4.27. The first kappa shape index (κ1) is 15.1. The van der Waals surface area contributed by atoms with Gasteiger partial charge < -0.3 is 0 Å². The van der Waals surface area contributed by atoms with Gasteiger partial charge in [0.25, 0.3) is 0 Å². The lowest BCUT2D eigenvalue weighted by Crippen LogP contribution is -2.23. The second kappa shape index (κ2) is 8.28. The number of hydrogen-bond donors (Lipinski definition) is 0. The molecule has 0 saturated heterocycles. The standard InChI is InChI=1S/C10H24NO3P/c1-5-9-13-15(12,14-10-6-2)11(7-3)8-4/h5-10H2,1-4H3. The van der Waals surface area contributed by atoms with Crippen LogP contribution < -0.4 is 0 Å². The van der Waals surface area contributed by atoms with Gasteiger partial charge in [-0.25, -0.2) is 9.24 Å². The largest absolute Gasteiger partial charge is 0.408 e. The van der Waals surface area contributed by atoms with E-state index < -0.39 is 7.75 Å². The summed E-state index contributed by atoms with van der Waals surface area (Å²) in [6.45, 7) is 10.2. The molecule has 0 radical (unpaired) electrons. The van der Waals surface area contributed by atoms with Gasteiger partial charge in [0.1, 0.15) is 0 Å². The first-order valence-corrected chi connectivity index (χ1v) is 7.28. The first-order valence-electron chi connectivity index (χ1n) is 5.79. The Morgan fingerprint density at radius 3 is 1.60 bits per heavy atom. The maximum atomic E-state index is 12.4. The van der Waals surface area contributed by atoms with Gasteiger partial charge in [-0.2, -0.15) is 0 Å². The van der Waals surface area contributed by atoms with E-state index in [4.69, 9.17) is 9.05 Å². The lowest BCUT2D eigenvalue weighted by Gasteiger charge is -2.27. The fourth-order valence-corrected chi connectivity index (χ4v) is 3.10. The van der Waals surface area contributed by atoms with Crippen LogP contribution in [-0.4, -0.2) is 31.0 Å². The molecule has 0 rings (SSSR count). The maximum Gasteiger partial charge on any atom is 0.408 e. The van der Waals surface area contributed by atoms with Gasteiger partial charge >= 0.3 is 7.75 Å². The summed E-state index contributed by atoms with van der Waals surface area (Å²) in [5.74, 6) is 0. The van der Waals surface area contributed by atoms with Gasteiger partial charge in [-0.1, -0.05) is 27.7 Å². The van der Waals surface area contributed by atoms with Crippen LogP contribution in [0.1, 0.15) is 40.5 Å². The molecule has 0 aromatic heterocycles. The summed E-state index contributed by atoms with van der Waals surface area (Å²) in [5, 5.41) is 0. The Balaban J connectivity index is 4.44. The van der Waals surface area contributed by atoms with Crippen molar-refractivity contribution >= 4 is 7.75 Å². The molecular formula is C10H24NO3P. The van der Waals surface area contributed by atoms with Gasteiger partial charge in [0, 0.05) is 13.1 Å². The molecule has 4 nitrogen and oxygen atoms in total. The Morgan fingerprint density at radius 1 is 0.933 bits per heavy atom. The molecule has 0 fully saturated rings. The zero-order chi connectivity index (χ0) is 11.7. The predicted octanol–water partition coefficient (Wildman–Crippen LogP) is 3.29. The van der Waals surface area contributed by atoms with Gasteiger partial charge in [-0.3, -0.25) is 9.05 Å². The monoisotopic (exact) mass is 237 g/mol. The second-order valence-electron chi connectivity index (χ2n) is 3.27. The van der Waals surface area contributed by atoms with Gasteiger partial charge in [0.2, 0.25) is 0 Å². The van der Waals surface area contributed by atoms with Gasteiger partial charge in [-0.05, 0) is 12.8 Å². The van der Waals surface area contributed by atoms with Crippen LogP contribution in [0.2, 0.25) is 0 Å². The smallest absolute Gasteiger partial charge is 0.297 e. The number of rotatable bonds is 9. The molecule has 0 amide bonds. The van der Waals surface area contributed by atoms with Crippen LogP contribution in [0, 0.1) is 0 Å². The average Bonchev–Trinajstić information content (AvgIpc) is 2.25. The van der Waals surface area contributed by atoms with Crippen molar-refractivity contribution in [2.75, 3.05) is 26.3 Å². The van der Waals surface area contributed by atoms with Crippen molar-refractivity contribution in [2.24, 2.45) is 0 Å². The summed E-state index contributed by atoms with van der Waals surface area (Å²) in [6.07, 6.45) is 1.70. The van der Waals surface area contributed by atoms with Crippen molar-refractivity contribution in [3.63, 3.8) is 0 Å². The quantitative estimate of drug-likeness (QED) is 0.577. The van der Waals surface area contributed by atoms with E-state index in [1.54, 1.807) is 4.67 Å². The number of nitrogens with zero attached hydrogens (tertiary/aromatic N) is 1. The van der Waals surface area contributed by atoms with E-state index in [1.807, 2.05) is 27.7 Å². The van der Waals surface area contributed by atoms with Crippen molar-refractivity contribution in [3.05, 3.63) is 0 Å². The Morgan fingerprint density at radius 2 is 1.33 bits per heavy atom. The zero-order valence-corrected chi connectivity index (χ0v) is 11.3. The van der Waals surface area contributed by atoms with Crippen molar-refractivity contribution in [1.29, 1.82) is 0 Å². The maximum absolute atomic E-state index is 12.4. The predicted molar refractivity (Wildman–Crippen MR) is 63.0 cm³/mol. The third-order valence-electron chi connectivity index (χ3n) is 1.99. The van der Waals surface area contributed by atoms with Gasteiger partial charge in [0.15, 0.2) is 0 Å². The SMILES string of the molecule is CCCOP(=O)(OCCC)N(CC)CC. The van der Waals surface area contributed by atoms with Crippen LogP contribution in [0.25, 0.3) is 0 Å².